The van der Waals surface area contributed by atoms with Crippen molar-refractivity contribution in [3.63, 3.8) is 0 Å². The molecule has 3 aromatic rings. The average molecular weight is 312 g/mol. The van der Waals surface area contributed by atoms with Gasteiger partial charge < -0.3 is 19.2 Å². The number of nitrogens with one attached hydrogen (secondary N) is 1. The van der Waals surface area contributed by atoms with E-state index in [1.54, 1.807) is 27.4 Å². The largest absolute Gasteiger partial charge is 0.493 e. The molecule has 1 aromatic carbocycles. The predicted octanol–water partition coefficient (Wildman–Crippen LogP) is 2.62. The van der Waals surface area contributed by atoms with Gasteiger partial charge in [0.25, 0.3) is 0 Å². The summed E-state index contributed by atoms with van der Waals surface area (Å²) in [7, 11) is 4.68. The van der Waals surface area contributed by atoms with E-state index in [2.05, 4.69) is 9.97 Å². The SMILES string of the molecule is COc1cc(-c2ccc3ccc(=O)[nH]c3n2)cc(OC)c1OC. The Labute approximate surface area is 132 Å². The van der Waals surface area contributed by atoms with Gasteiger partial charge in [0.15, 0.2) is 11.5 Å². The normalized spacial score (nSPS) is 10.6. The minimum Gasteiger partial charge on any atom is -0.493 e. The second-order valence-electron chi connectivity index (χ2n) is 4.87. The molecule has 0 atom stereocenters. The minimum atomic E-state index is -0.188. The molecule has 3 rings (SSSR count). The summed E-state index contributed by atoms with van der Waals surface area (Å²) in [6, 6.07) is 10.6. The fraction of sp³-hybridized carbons (Fsp3) is 0.176. The number of hydrogen-bond acceptors (Lipinski definition) is 5. The molecule has 23 heavy (non-hydrogen) atoms. The lowest BCUT2D eigenvalue weighted by Gasteiger charge is -2.14. The van der Waals surface area contributed by atoms with E-state index in [1.165, 1.54) is 6.07 Å². The summed E-state index contributed by atoms with van der Waals surface area (Å²) in [6.45, 7) is 0. The summed E-state index contributed by atoms with van der Waals surface area (Å²) in [5.74, 6) is 1.61. The number of aromatic amines is 1. The first-order valence-corrected chi connectivity index (χ1v) is 6.96. The number of fused-ring (bicyclic) bond motifs is 1. The molecule has 2 aromatic heterocycles. The third-order valence-corrected chi connectivity index (χ3v) is 3.54. The van der Waals surface area contributed by atoms with Crippen LogP contribution in [0.15, 0.2) is 41.2 Å². The molecule has 0 radical (unpaired) electrons. The lowest BCUT2D eigenvalue weighted by Crippen LogP contribution is -2.04. The van der Waals surface area contributed by atoms with E-state index >= 15 is 0 Å². The zero-order valence-electron chi connectivity index (χ0n) is 13.0. The molecule has 0 aliphatic carbocycles. The van der Waals surface area contributed by atoms with Crippen molar-refractivity contribution in [2.24, 2.45) is 0 Å². The van der Waals surface area contributed by atoms with Gasteiger partial charge in [-0.25, -0.2) is 4.98 Å². The van der Waals surface area contributed by atoms with Gasteiger partial charge >= 0.3 is 0 Å². The van der Waals surface area contributed by atoms with Crippen molar-refractivity contribution in [1.82, 2.24) is 9.97 Å². The van der Waals surface area contributed by atoms with Crippen LogP contribution in [0.2, 0.25) is 0 Å². The van der Waals surface area contributed by atoms with Gasteiger partial charge in [-0.1, -0.05) is 0 Å². The van der Waals surface area contributed by atoms with Crippen molar-refractivity contribution in [2.75, 3.05) is 21.3 Å². The van der Waals surface area contributed by atoms with Crippen molar-refractivity contribution < 1.29 is 14.2 Å². The van der Waals surface area contributed by atoms with E-state index in [0.29, 0.717) is 28.6 Å². The molecule has 6 nitrogen and oxygen atoms in total. The van der Waals surface area contributed by atoms with Gasteiger partial charge in [-0.2, -0.15) is 0 Å². The molecule has 118 valence electrons. The molecule has 0 saturated carbocycles. The third kappa shape index (κ3) is 2.70. The summed E-state index contributed by atoms with van der Waals surface area (Å²) < 4.78 is 16.0. The topological polar surface area (TPSA) is 73.4 Å². The van der Waals surface area contributed by atoms with Crippen LogP contribution in [-0.4, -0.2) is 31.3 Å². The number of nitrogens with zero attached hydrogens (tertiary/aromatic N) is 1. The van der Waals surface area contributed by atoms with E-state index in [1.807, 2.05) is 24.3 Å². The first-order chi connectivity index (χ1) is 11.2. The van der Waals surface area contributed by atoms with Crippen molar-refractivity contribution in [1.29, 1.82) is 0 Å². The van der Waals surface area contributed by atoms with Gasteiger partial charge in [-0.05, 0) is 30.3 Å². The Balaban J connectivity index is 2.19. The lowest BCUT2D eigenvalue weighted by atomic mass is 10.1. The van der Waals surface area contributed by atoms with Crippen LogP contribution in [0.3, 0.4) is 0 Å². The molecule has 0 spiro atoms. The van der Waals surface area contributed by atoms with Crippen LogP contribution in [0, 0.1) is 0 Å². The molecule has 6 heteroatoms. The highest BCUT2D eigenvalue weighted by atomic mass is 16.5. The summed E-state index contributed by atoms with van der Waals surface area (Å²) >= 11 is 0. The molecule has 0 aliphatic rings. The van der Waals surface area contributed by atoms with Crippen molar-refractivity contribution >= 4 is 11.0 Å². The molecule has 0 aliphatic heterocycles. The van der Waals surface area contributed by atoms with Gasteiger partial charge in [-0.3, -0.25) is 4.79 Å². The van der Waals surface area contributed by atoms with Crippen LogP contribution < -0.4 is 19.8 Å². The first-order valence-electron chi connectivity index (χ1n) is 6.96. The Bertz CT molecular complexity index is 893. The molecule has 1 N–H and O–H groups in total. The molecule has 0 fully saturated rings. The monoisotopic (exact) mass is 312 g/mol. The first kappa shape index (κ1) is 14.9. The van der Waals surface area contributed by atoms with Crippen molar-refractivity contribution in [2.45, 2.75) is 0 Å². The lowest BCUT2D eigenvalue weighted by molar-refractivity contribution is 0.324. The number of aromatic nitrogens is 2. The molecule has 2 heterocycles. The fourth-order valence-electron chi connectivity index (χ4n) is 2.42. The summed E-state index contributed by atoms with van der Waals surface area (Å²) in [5, 5.41) is 0.862. The van der Waals surface area contributed by atoms with Crippen LogP contribution >= 0.6 is 0 Å². The predicted molar refractivity (Wildman–Crippen MR) is 87.5 cm³/mol. The molecule has 0 bridgehead atoms. The number of methoxy groups -OCH3 is 3. The summed E-state index contributed by atoms with van der Waals surface area (Å²) in [6.07, 6.45) is 0. The maximum absolute atomic E-state index is 11.5. The van der Waals surface area contributed by atoms with Crippen LogP contribution in [0.25, 0.3) is 22.3 Å². The number of hydrogen-bond donors (Lipinski definition) is 1. The fourth-order valence-corrected chi connectivity index (χ4v) is 2.42. The Kier molecular flexibility index (Phi) is 3.89. The highest BCUT2D eigenvalue weighted by Gasteiger charge is 2.15. The van der Waals surface area contributed by atoms with Crippen LogP contribution in [0.5, 0.6) is 17.2 Å². The Morgan fingerprint density at radius 2 is 1.57 bits per heavy atom. The van der Waals surface area contributed by atoms with E-state index < -0.39 is 0 Å². The zero-order chi connectivity index (χ0) is 16.4. The highest BCUT2D eigenvalue weighted by molar-refractivity contribution is 5.79. The maximum atomic E-state index is 11.5. The van der Waals surface area contributed by atoms with E-state index in [9.17, 15) is 4.79 Å². The average Bonchev–Trinajstić information content (AvgIpc) is 2.59. The minimum absolute atomic E-state index is 0.188. The maximum Gasteiger partial charge on any atom is 0.249 e. The quantitative estimate of drug-likeness (QED) is 0.801. The van der Waals surface area contributed by atoms with Crippen molar-refractivity contribution in [3.8, 4) is 28.5 Å². The van der Waals surface area contributed by atoms with Gasteiger partial charge in [0.2, 0.25) is 11.3 Å². The molecule has 0 amide bonds. The Hall–Kier alpha value is -3.02. The Morgan fingerprint density at radius 3 is 2.17 bits per heavy atom. The third-order valence-electron chi connectivity index (χ3n) is 3.54. The molecule has 0 saturated heterocycles. The van der Waals surface area contributed by atoms with Crippen LogP contribution in [-0.2, 0) is 0 Å². The number of pyridine rings is 2. The highest BCUT2D eigenvalue weighted by Crippen LogP contribution is 2.40. The number of ether oxygens (including phenoxy) is 3. The van der Waals surface area contributed by atoms with E-state index in [4.69, 9.17) is 14.2 Å². The van der Waals surface area contributed by atoms with Crippen molar-refractivity contribution in [3.05, 3.63) is 46.8 Å². The number of benzene rings is 1. The Morgan fingerprint density at radius 1 is 0.913 bits per heavy atom. The zero-order valence-corrected chi connectivity index (χ0v) is 13.0. The molecular formula is C17H16N2O4. The smallest absolute Gasteiger partial charge is 0.249 e. The number of H-pyrrole nitrogens is 1. The summed E-state index contributed by atoms with van der Waals surface area (Å²) in [5.41, 5.74) is 1.83. The summed E-state index contributed by atoms with van der Waals surface area (Å²) in [4.78, 5) is 18.7. The van der Waals surface area contributed by atoms with Gasteiger partial charge in [0.1, 0.15) is 5.65 Å². The van der Waals surface area contributed by atoms with Gasteiger partial charge in [0.05, 0.1) is 27.0 Å². The van der Waals surface area contributed by atoms with Gasteiger partial charge in [0, 0.05) is 17.0 Å². The number of rotatable bonds is 4. The van der Waals surface area contributed by atoms with E-state index in [-0.39, 0.29) is 5.56 Å². The second-order valence-corrected chi connectivity index (χ2v) is 4.87. The standard InChI is InChI=1S/C17H16N2O4/c1-21-13-8-11(9-14(22-2)16(13)23-3)12-6-4-10-5-7-15(20)19-17(10)18-12/h4-9H,1-3H3,(H,18,19,20). The van der Waals surface area contributed by atoms with E-state index in [0.717, 1.165) is 10.9 Å². The van der Waals surface area contributed by atoms with Gasteiger partial charge in [-0.15, -0.1) is 0 Å². The van der Waals surface area contributed by atoms with Crippen LogP contribution in [0.1, 0.15) is 0 Å². The second kappa shape index (κ2) is 6.00. The van der Waals surface area contributed by atoms with Crippen LogP contribution in [0.4, 0.5) is 0 Å². The molecule has 0 unspecified atom stereocenters. The molecular weight excluding hydrogens is 296 g/mol.